The zero-order valence-electron chi connectivity index (χ0n) is 6.94. The zero-order valence-corrected chi connectivity index (χ0v) is 8.53. The van der Waals surface area contributed by atoms with Gasteiger partial charge in [0, 0.05) is 12.6 Å². The number of nitrogens with zero attached hydrogens (tertiary/aromatic N) is 3. The Hall–Kier alpha value is -0.940. The maximum absolute atomic E-state index is 5.46. The van der Waals surface area contributed by atoms with Crippen molar-refractivity contribution in [1.29, 1.82) is 0 Å². The quantitative estimate of drug-likeness (QED) is 0.853. The van der Waals surface area contributed by atoms with Crippen LogP contribution < -0.4 is 5.73 Å². The van der Waals surface area contributed by atoms with Crippen molar-refractivity contribution < 1.29 is 0 Å². The fraction of sp³-hybridized carbons (Fsp3) is 0.250. The minimum atomic E-state index is 0.600. The average molecular weight is 241 g/mol. The first-order valence-corrected chi connectivity index (χ1v) is 4.80. The van der Waals surface area contributed by atoms with Gasteiger partial charge in [0.2, 0.25) is 0 Å². The van der Waals surface area contributed by atoms with Crippen LogP contribution in [0.1, 0.15) is 5.69 Å². The molecule has 2 aromatic heterocycles. The highest BCUT2D eigenvalue weighted by molar-refractivity contribution is 9.10. The molecule has 0 radical (unpaired) electrons. The summed E-state index contributed by atoms with van der Waals surface area (Å²) in [7, 11) is 0. The van der Waals surface area contributed by atoms with E-state index in [4.69, 9.17) is 5.73 Å². The van der Waals surface area contributed by atoms with Crippen LogP contribution in [0.4, 0.5) is 0 Å². The number of aromatic nitrogens is 3. The Morgan fingerprint density at radius 3 is 3.08 bits per heavy atom. The Morgan fingerprint density at radius 2 is 2.38 bits per heavy atom. The molecule has 0 saturated carbocycles. The standard InChI is InChI=1S/C8H9BrN4/c9-8-6(3-4-10)12-7-2-1-5-11-13(7)8/h1-2,5H,3-4,10H2. The van der Waals surface area contributed by atoms with Gasteiger partial charge in [-0.3, -0.25) is 0 Å². The number of halogens is 1. The van der Waals surface area contributed by atoms with Crippen molar-refractivity contribution in [3.8, 4) is 0 Å². The molecule has 0 aromatic carbocycles. The van der Waals surface area contributed by atoms with Crippen LogP contribution in [0.25, 0.3) is 5.65 Å². The summed E-state index contributed by atoms with van der Waals surface area (Å²) in [5, 5.41) is 4.15. The number of hydrogen-bond acceptors (Lipinski definition) is 3. The number of nitrogens with two attached hydrogens (primary N) is 1. The molecule has 0 saturated heterocycles. The fourth-order valence-electron chi connectivity index (χ4n) is 1.20. The van der Waals surface area contributed by atoms with E-state index in [2.05, 4.69) is 26.0 Å². The van der Waals surface area contributed by atoms with Crippen LogP contribution in [0, 0.1) is 0 Å². The third kappa shape index (κ3) is 1.45. The second kappa shape index (κ2) is 3.43. The van der Waals surface area contributed by atoms with E-state index in [0.29, 0.717) is 6.54 Å². The van der Waals surface area contributed by atoms with Crippen LogP contribution >= 0.6 is 15.9 Å². The predicted molar refractivity (Wildman–Crippen MR) is 53.4 cm³/mol. The van der Waals surface area contributed by atoms with Crippen LogP contribution in [-0.4, -0.2) is 21.1 Å². The Labute approximate surface area is 83.9 Å². The number of fused-ring (bicyclic) bond motifs is 1. The van der Waals surface area contributed by atoms with Gasteiger partial charge in [-0.15, -0.1) is 0 Å². The highest BCUT2D eigenvalue weighted by Crippen LogP contribution is 2.17. The molecule has 0 aliphatic carbocycles. The van der Waals surface area contributed by atoms with Gasteiger partial charge in [0.1, 0.15) is 4.60 Å². The largest absolute Gasteiger partial charge is 0.330 e. The van der Waals surface area contributed by atoms with Crippen molar-refractivity contribution >= 4 is 21.6 Å². The normalized spacial score (nSPS) is 10.9. The third-order valence-electron chi connectivity index (χ3n) is 1.79. The number of hydrogen-bond donors (Lipinski definition) is 1. The Morgan fingerprint density at radius 1 is 1.54 bits per heavy atom. The zero-order chi connectivity index (χ0) is 9.26. The molecule has 0 bridgehead atoms. The van der Waals surface area contributed by atoms with E-state index in [9.17, 15) is 0 Å². The molecule has 0 aliphatic heterocycles. The summed E-state index contributed by atoms with van der Waals surface area (Å²) in [4.78, 5) is 4.38. The minimum Gasteiger partial charge on any atom is -0.330 e. The second-order valence-electron chi connectivity index (χ2n) is 2.68. The summed E-state index contributed by atoms with van der Waals surface area (Å²) in [6.07, 6.45) is 2.50. The summed E-state index contributed by atoms with van der Waals surface area (Å²) in [5.41, 5.74) is 7.27. The molecule has 2 N–H and O–H groups in total. The van der Waals surface area contributed by atoms with E-state index in [-0.39, 0.29) is 0 Å². The lowest BCUT2D eigenvalue weighted by Crippen LogP contribution is -2.03. The Bertz CT molecular complexity index is 423. The van der Waals surface area contributed by atoms with Crippen molar-refractivity contribution in [1.82, 2.24) is 14.6 Å². The van der Waals surface area contributed by atoms with Crippen LogP contribution in [0.15, 0.2) is 22.9 Å². The molecule has 2 heterocycles. The maximum atomic E-state index is 5.46. The van der Waals surface area contributed by atoms with Gasteiger partial charge >= 0.3 is 0 Å². The smallest absolute Gasteiger partial charge is 0.155 e. The second-order valence-corrected chi connectivity index (χ2v) is 3.43. The molecule has 0 fully saturated rings. The van der Waals surface area contributed by atoms with Gasteiger partial charge in [0.15, 0.2) is 5.65 Å². The first-order chi connectivity index (χ1) is 6.33. The van der Waals surface area contributed by atoms with Crippen LogP contribution in [0.3, 0.4) is 0 Å². The monoisotopic (exact) mass is 240 g/mol. The first kappa shape index (κ1) is 8.65. The maximum Gasteiger partial charge on any atom is 0.155 e. The summed E-state index contributed by atoms with van der Waals surface area (Å²) in [5.74, 6) is 0. The molecule has 0 aliphatic rings. The molecule has 4 nitrogen and oxygen atoms in total. The van der Waals surface area contributed by atoms with E-state index < -0.39 is 0 Å². The lowest BCUT2D eigenvalue weighted by atomic mass is 10.3. The van der Waals surface area contributed by atoms with E-state index in [1.165, 1.54) is 0 Å². The van der Waals surface area contributed by atoms with Gasteiger partial charge in [0.25, 0.3) is 0 Å². The van der Waals surface area contributed by atoms with Crippen molar-refractivity contribution in [2.45, 2.75) is 6.42 Å². The van der Waals surface area contributed by atoms with Crippen molar-refractivity contribution in [2.75, 3.05) is 6.54 Å². The lowest BCUT2D eigenvalue weighted by molar-refractivity contribution is 0.891. The highest BCUT2D eigenvalue weighted by atomic mass is 79.9. The van der Waals surface area contributed by atoms with E-state index in [0.717, 1.165) is 22.4 Å². The average Bonchev–Trinajstić information content (AvgIpc) is 2.46. The predicted octanol–water partition coefficient (Wildman–Crippen LogP) is 0.993. The molecule has 2 rings (SSSR count). The van der Waals surface area contributed by atoms with Crippen LogP contribution in [0.2, 0.25) is 0 Å². The molecule has 68 valence electrons. The van der Waals surface area contributed by atoms with Crippen LogP contribution in [0.5, 0.6) is 0 Å². The third-order valence-corrected chi connectivity index (χ3v) is 2.58. The molecule has 13 heavy (non-hydrogen) atoms. The summed E-state index contributed by atoms with van der Waals surface area (Å²) in [6.45, 7) is 0.600. The molecular formula is C8H9BrN4. The Balaban J connectivity index is 2.60. The molecule has 0 amide bonds. The first-order valence-electron chi connectivity index (χ1n) is 4.01. The summed E-state index contributed by atoms with van der Waals surface area (Å²) >= 11 is 3.44. The fourth-order valence-corrected chi connectivity index (χ4v) is 1.76. The molecule has 0 spiro atoms. The van der Waals surface area contributed by atoms with Crippen molar-refractivity contribution in [2.24, 2.45) is 5.73 Å². The summed E-state index contributed by atoms with van der Waals surface area (Å²) < 4.78 is 2.65. The minimum absolute atomic E-state index is 0.600. The summed E-state index contributed by atoms with van der Waals surface area (Å²) in [6, 6.07) is 3.78. The van der Waals surface area contributed by atoms with Gasteiger partial charge in [-0.1, -0.05) is 0 Å². The van der Waals surface area contributed by atoms with E-state index in [1.54, 1.807) is 10.7 Å². The molecule has 5 heteroatoms. The van der Waals surface area contributed by atoms with Crippen molar-refractivity contribution in [3.63, 3.8) is 0 Å². The highest BCUT2D eigenvalue weighted by Gasteiger charge is 2.08. The molecule has 0 atom stereocenters. The Kier molecular flexibility index (Phi) is 2.28. The topological polar surface area (TPSA) is 56.2 Å². The van der Waals surface area contributed by atoms with Gasteiger partial charge in [-0.25, -0.2) is 9.50 Å². The lowest BCUT2D eigenvalue weighted by Gasteiger charge is -1.92. The SMILES string of the molecule is NCCc1nc2cccnn2c1Br. The number of rotatable bonds is 2. The van der Waals surface area contributed by atoms with Gasteiger partial charge in [-0.05, 0) is 34.6 Å². The van der Waals surface area contributed by atoms with Gasteiger partial charge in [-0.2, -0.15) is 5.10 Å². The van der Waals surface area contributed by atoms with Gasteiger partial charge in [0.05, 0.1) is 5.69 Å². The van der Waals surface area contributed by atoms with E-state index in [1.807, 2.05) is 12.1 Å². The van der Waals surface area contributed by atoms with Crippen LogP contribution in [-0.2, 0) is 6.42 Å². The van der Waals surface area contributed by atoms with E-state index >= 15 is 0 Å². The molecule has 2 aromatic rings. The van der Waals surface area contributed by atoms with Gasteiger partial charge < -0.3 is 5.73 Å². The molecular weight excluding hydrogens is 232 g/mol. The molecule has 0 unspecified atom stereocenters. The number of imidazole rings is 1. The van der Waals surface area contributed by atoms with Crippen molar-refractivity contribution in [3.05, 3.63) is 28.6 Å².